The number of hydrogen-bond donors (Lipinski definition) is 2. The maximum absolute atomic E-state index is 12.3. The molecule has 0 atom stereocenters. The van der Waals surface area contributed by atoms with Crippen molar-refractivity contribution in [2.75, 3.05) is 16.3 Å². The van der Waals surface area contributed by atoms with Crippen molar-refractivity contribution >= 4 is 27.3 Å². The highest BCUT2D eigenvalue weighted by atomic mass is 32.2. The molecule has 1 aromatic heterocycles. The first-order valence-electron chi connectivity index (χ1n) is 7.20. The minimum atomic E-state index is -3.36. The summed E-state index contributed by atoms with van der Waals surface area (Å²) >= 11 is 0. The summed E-state index contributed by atoms with van der Waals surface area (Å²) in [4.78, 5) is 12.3. The zero-order chi connectivity index (χ0) is 17.0. The summed E-state index contributed by atoms with van der Waals surface area (Å²) in [5, 5.41) is 6.92. The molecule has 0 aliphatic rings. The Morgan fingerprint density at radius 2 is 1.96 bits per heavy atom. The van der Waals surface area contributed by atoms with Crippen molar-refractivity contribution in [1.29, 1.82) is 0 Å². The van der Waals surface area contributed by atoms with Crippen LogP contribution in [-0.2, 0) is 23.5 Å². The van der Waals surface area contributed by atoms with E-state index in [2.05, 4.69) is 22.1 Å². The van der Waals surface area contributed by atoms with E-state index in [4.69, 9.17) is 0 Å². The van der Waals surface area contributed by atoms with E-state index >= 15 is 0 Å². The first kappa shape index (κ1) is 17.0. The number of hydrogen-bond acceptors (Lipinski definition) is 4. The van der Waals surface area contributed by atoms with Crippen LogP contribution in [0.2, 0.25) is 0 Å². The third-order valence-corrected chi connectivity index (χ3v) is 3.75. The van der Waals surface area contributed by atoms with Crippen LogP contribution in [0, 0.1) is 0 Å². The molecule has 1 amide bonds. The molecule has 0 radical (unpaired) electrons. The summed E-state index contributed by atoms with van der Waals surface area (Å²) < 4.78 is 26.6. The van der Waals surface area contributed by atoms with E-state index in [1.807, 2.05) is 0 Å². The number of nitrogens with zero attached hydrogens (tertiary/aromatic N) is 2. The van der Waals surface area contributed by atoms with Gasteiger partial charge in [-0.05, 0) is 30.7 Å². The number of carbonyl (C=O) groups is 1. The van der Waals surface area contributed by atoms with Crippen LogP contribution in [0.3, 0.4) is 0 Å². The fraction of sp³-hybridized carbons (Fsp3) is 0.333. The van der Waals surface area contributed by atoms with E-state index < -0.39 is 10.0 Å². The second-order valence-corrected chi connectivity index (χ2v) is 7.05. The third-order valence-electron chi connectivity index (χ3n) is 3.14. The molecule has 0 aliphatic carbocycles. The van der Waals surface area contributed by atoms with Gasteiger partial charge in [0.25, 0.3) is 5.91 Å². The molecule has 2 aromatic rings. The zero-order valence-corrected chi connectivity index (χ0v) is 14.1. The lowest BCUT2D eigenvalue weighted by atomic mass is 10.2. The molecular formula is C15H20N4O3S. The average molecular weight is 336 g/mol. The Kier molecular flexibility index (Phi) is 5.05. The summed E-state index contributed by atoms with van der Waals surface area (Å²) in [5.74, 6) is -0.334. The molecule has 0 fully saturated rings. The van der Waals surface area contributed by atoms with E-state index in [1.165, 1.54) is 0 Å². The molecule has 0 aliphatic heterocycles. The normalized spacial score (nSPS) is 11.3. The van der Waals surface area contributed by atoms with Gasteiger partial charge in [-0.15, -0.1) is 0 Å². The summed E-state index contributed by atoms with van der Waals surface area (Å²) in [6, 6.07) is 8.26. The van der Waals surface area contributed by atoms with E-state index in [9.17, 15) is 13.2 Å². The second-order valence-electron chi connectivity index (χ2n) is 5.30. The Balaban J connectivity index is 2.14. The number of amides is 1. The smallest absolute Gasteiger partial charge is 0.276 e. The molecule has 0 saturated heterocycles. The van der Waals surface area contributed by atoms with Crippen molar-refractivity contribution < 1.29 is 13.2 Å². The van der Waals surface area contributed by atoms with Crippen LogP contribution in [0.4, 0.5) is 11.4 Å². The Hall–Kier alpha value is -2.35. The van der Waals surface area contributed by atoms with Gasteiger partial charge in [0.05, 0.1) is 11.9 Å². The molecule has 2 rings (SSSR count). The van der Waals surface area contributed by atoms with Crippen molar-refractivity contribution in [2.24, 2.45) is 7.05 Å². The molecule has 2 N–H and O–H groups in total. The maximum Gasteiger partial charge on any atom is 0.276 e. The van der Waals surface area contributed by atoms with Gasteiger partial charge in [-0.3, -0.25) is 14.2 Å². The lowest BCUT2D eigenvalue weighted by molar-refractivity contribution is 0.102. The minimum Gasteiger partial charge on any atom is -0.321 e. The van der Waals surface area contributed by atoms with Gasteiger partial charge >= 0.3 is 0 Å². The van der Waals surface area contributed by atoms with E-state index in [0.717, 1.165) is 24.8 Å². The quantitative estimate of drug-likeness (QED) is 0.844. The Morgan fingerprint density at radius 1 is 1.26 bits per heavy atom. The standard InChI is InChI=1S/C15H20N4O3S/c1-4-6-13-10-14(17-19(13)2)15(20)16-11-7-5-8-12(9-11)18-23(3,21)22/h5,7-10,18H,4,6H2,1-3H3,(H,16,20). The van der Waals surface area contributed by atoms with Crippen molar-refractivity contribution in [3.8, 4) is 0 Å². The van der Waals surface area contributed by atoms with Crippen molar-refractivity contribution in [3.63, 3.8) is 0 Å². The number of nitrogens with one attached hydrogen (secondary N) is 2. The van der Waals surface area contributed by atoms with Gasteiger partial charge in [-0.25, -0.2) is 8.42 Å². The molecule has 0 spiro atoms. The number of aromatic nitrogens is 2. The molecule has 124 valence electrons. The van der Waals surface area contributed by atoms with Gasteiger partial charge in [0.1, 0.15) is 0 Å². The lowest BCUT2D eigenvalue weighted by Gasteiger charge is -2.07. The highest BCUT2D eigenvalue weighted by Crippen LogP contribution is 2.17. The SMILES string of the molecule is CCCc1cc(C(=O)Nc2cccc(NS(C)(=O)=O)c2)nn1C. The molecule has 0 saturated carbocycles. The van der Waals surface area contributed by atoms with E-state index in [0.29, 0.717) is 17.1 Å². The number of benzene rings is 1. The molecule has 8 heteroatoms. The number of aryl methyl sites for hydroxylation is 2. The molecule has 0 unspecified atom stereocenters. The second kappa shape index (κ2) is 6.82. The fourth-order valence-electron chi connectivity index (χ4n) is 2.18. The molecule has 1 aromatic carbocycles. The van der Waals surface area contributed by atoms with Crippen LogP contribution in [0.15, 0.2) is 30.3 Å². The van der Waals surface area contributed by atoms with Crippen LogP contribution in [0.5, 0.6) is 0 Å². The van der Waals surface area contributed by atoms with Crippen LogP contribution < -0.4 is 10.0 Å². The van der Waals surface area contributed by atoms with Crippen LogP contribution in [0.25, 0.3) is 0 Å². The Morgan fingerprint density at radius 3 is 2.61 bits per heavy atom. The van der Waals surface area contributed by atoms with Gasteiger partial charge in [0.15, 0.2) is 5.69 Å². The van der Waals surface area contributed by atoms with E-state index in [-0.39, 0.29) is 5.91 Å². The Labute approximate surface area is 135 Å². The third kappa shape index (κ3) is 4.82. The number of rotatable bonds is 6. The molecule has 23 heavy (non-hydrogen) atoms. The lowest BCUT2D eigenvalue weighted by Crippen LogP contribution is -2.14. The van der Waals surface area contributed by atoms with Crippen LogP contribution in [-0.4, -0.2) is 30.4 Å². The molecular weight excluding hydrogens is 316 g/mol. The van der Waals surface area contributed by atoms with Gasteiger partial charge in [0.2, 0.25) is 10.0 Å². The summed E-state index contributed by atoms with van der Waals surface area (Å²) in [7, 11) is -1.56. The summed E-state index contributed by atoms with van der Waals surface area (Å²) in [6.45, 7) is 2.06. The first-order valence-corrected chi connectivity index (χ1v) is 9.10. The molecule has 0 bridgehead atoms. The number of carbonyl (C=O) groups excluding carboxylic acids is 1. The summed E-state index contributed by atoms with van der Waals surface area (Å²) in [5.41, 5.74) is 2.20. The van der Waals surface area contributed by atoms with Crippen molar-refractivity contribution in [3.05, 3.63) is 41.7 Å². The predicted molar refractivity (Wildman–Crippen MR) is 90.1 cm³/mol. The van der Waals surface area contributed by atoms with Gasteiger partial charge in [-0.1, -0.05) is 19.4 Å². The van der Waals surface area contributed by atoms with Gasteiger partial charge in [-0.2, -0.15) is 5.10 Å². The monoisotopic (exact) mass is 336 g/mol. The highest BCUT2D eigenvalue weighted by Gasteiger charge is 2.13. The average Bonchev–Trinajstić information content (AvgIpc) is 2.79. The predicted octanol–water partition coefficient (Wildman–Crippen LogP) is 2.00. The molecule has 7 nitrogen and oxygen atoms in total. The number of sulfonamides is 1. The Bertz CT molecular complexity index is 812. The number of anilines is 2. The zero-order valence-electron chi connectivity index (χ0n) is 13.3. The maximum atomic E-state index is 12.3. The van der Waals surface area contributed by atoms with E-state index in [1.54, 1.807) is 42.1 Å². The van der Waals surface area contributed by atoms with Gasteiger partial charge in [0, 0.05) is 18.4 Å². The fourth-order valence-corrected chi connectivity index (χ4v) is 2.73. The van der Waals surface area contributed by atoms with Crippen molar-refractivity contribution in [2.45, 2.75) is 19.8 Å². The minimum absolute atomic E-state index is 0.331. The molecule has 1 heterocycles. The largest absolute Gasteiger partial charge is 0.321 e. The highest BCUT2D eigenvalue weighted by molar-refractivity contribution is 7.92. The topological polar surface area (TPSA) is 93.1 Å². The first-order chi connectivity index (χ1) is 10.8. The van der Waals surface area contributed by atoms with Crippen LogP contribution >= 0.6 is 0 Å². The van der Waals surface area contributed by atoms with Crippen molar-refractivity contribution in [1.82, 2.24) is 9.78 Å². The van der Waals surface area contributed by atoms with Gasteiger partial charge < -0.3 is 5.32 Å². The van der Waals surface area contributed by atoms with Crippen LogP contribution in [0.1, 0.15) is 29.5 Å². The summed E-state index contributed by atoms with van der Waals surface area (Å²) in [6.07, 6.45) is 2.89.